The van der Waals surface area contributed by atoms with Crippen molar-refractivity contribution in [1.29, 1.82) is 0 Å². The van der Waals surface area contributed by atoms with Gasteiger partial charge in [-0.25, -0.2) is 9.97 Å². The molecule has 6 nitrogen and oxygen atoms in total. The third-order valence-electron chi connectivity index (χ3n) is 4.94. The molecule has 0 radical (unpaired) electrons. The van der Waals surface area contributed by atoms with Gasteiger partial charge in [-0.2, -0.15) is 0 Å². The Kier molecular flexibility index (Phi) is 4.69. The lowest BCUT2D eigenvalue weighted by Crippen LogP contribution is -2.18. The molecule has 0 saturated carbocycles. The maximum Gasteiger partial charge on any atom is 0.311 e. The molecular formula is C22H22N4O2. The molecule has 0 bridgehead atoms. The van der Waals surface area contributed by atoms with E-state index < -0.39 is 11.9 Å². The summed E-state index contributed by atoms with van der Waals surface area (Å²) in [6.07, 6.45) is 1.31. The van der Waals surface area contributed by atoms with Gasteiger partial charge in [0.25, 0.3) is 0 Å². The fraction of sp³-hybridized carbons (Fsp3) is 0.227. The number of aryl methyl sites for hydroxylation is 1. The molecule has 0 aliphatic heterocycles. The van der Waals surface area contributed by atoms with Crippen LogP contribution in [0.5, 0.6) is 0 Å². The lowest BCUT2D eigenvalue weighted by molar-refractivity contribution is -0.139. The minimum Gasteiger partial charge on any atom is -0.481 e. The molecule has 0 amide bonds. The number of imidazole rings is 1. The van der Waals surface area contributed by atoms with Crippen molar-refractivity contribution in [3.63, 3.8) is 0 Å². The maximum absolute atomic E-state index is 12.1. The smallest absolute Gasteiger partial charge is 0.311 e. The number of rotatable bonds is 6. The highest BCUT2D eigenvalue weighted by atomic mass is 16.4. The first-order valence-corrected chi connectivity index (χ1v) is 9.42. The molecule has 4 aromatic rings. The Bertz CT molecular complexity index is 1150. The molecule has 142 valence electrons. The second-order valence-electron chi connectivity index (χ2n) is 6.87. The summed E-state index contributed by atoms with van der Waals surface area (Å²) < 4.78 is 1.93. The van der Waals surface area contributed by atoms with Crippen molar-refractivity contribution in [3.8, 4) is 0 Å². The van der Waals surface area contributed by atoms with Gasteiger partial charge in [0, 0.05) is 16.9 Å². The van der Waals surface area contributed by atoms with Crippen LogP contribution in [0.4, 0.5) is 11.5 Å². The van der Waals surface area contributed by atoms with Crippen LogP contribution in [-0.4, -0.2) is 25.4 Å². The van der Waals surface area contributed by atoms with Gasteiger partial charge in [-0.1, -0.05) is 43.7 Å². The summed E-state index contributed by atoms with van der Waals surface area (Å²) >= 11 is 0. The van der Waals surface area contributed by atoms with E-state index in [2.05, 4.69) is 15.3 Å². The fourth-order valence-corrected chi connectivity index (χ4v) is 3.69. The lowest BCUT2D eigenvalue weighted by atomic mass is 9.93. The molecule has 2 N–H and O–H groups in total. The van der Waals surface area contributed by atoms with Gasteiger partial charge in [-0.05, 0) is 37.6 Å². The van der Waals surface area contributed by atoms with Crippen LogP contribution >= 0.6 is 0 Å². The van der Waals surface area contributed by atoms with Gasteiger partial charge in [0.1, 0.15) is 5.82 Å². The molecule has 2 heterocycles. The summed E-state index contributed by atoms with van der Waals surface area (Å²) in [5.41, 5.74) is 3.99. The number of benzene rings is 2. The average molecular weight is 374 g/mol. The molecule has 2 aromatic carbocycles. The molecule has 0 saturated heterocycles. The van der Waals surface area contributed by atoms with E-state index in [0.29, 0.717) is 29.3 Å². The molecule has 4 rings (SSSR count). The molecule has 0 fully saturated rings. The summed E-state index contributed by atoms with van der Waals surface area (Å²) in [5, 5.41) is 13.4. The molecule has 2 aromatic heterocycles. The van der Waals surface area contributed by atoms with E-state index in [0.717, 1.165) is 23.1 Å². The van der Waals surface area contributed by atoms with Gasteiger partial charge in [0.05, 0.1) is 17.0 Å². The van der Waals surface area contributed by atoms with Crippen LogP contribution in [0.1, 0.15) is 36.9 Å². The predicted molar refractivity (Wildman–Crippen MR) is 110 cm³/mol. The third-order valence-corrected chi connectivity index (χ3v) is 4.94. The first kappa shape index (κ1) is 18.0. The third kappa shape index (κ3) is 3.07. The van der Waals surface area contributed by atoms with Crippen molar-refractivity contribution < 1.29 is 9.90 Å². The Morgan fingerprint density at radius 2 is 1.82 bits per heavy atom. The van der Waals surface area contributed by atoms with Crippen molar-refractivity contribution in [2.75, 3.05) is 5.32 Å². The van der Waals surface area contributed by atoms with Gasteiger partial charge >= 0.3 is 5.97 Å². The number of fused-ring (bicyclic) bond motifs is 3. The van der Waals surface area contributed by atoms with Crippen molar-refractivity contribution in [1.82, 2.24) is 14.4 Å². The number of carboxylic acids is 1. The van der Waals surface area contributed by atoms with Crippen LogP contribution in [0.3, 0.4) is 0 Å². The summed E-state index contributed by atoms with van der Waals surface area (Å²) in [4.78, 5) is 21.4. The summed E-state index contributed by atoms with van der Waals surface area (Å²) in [6, 6.07) is 17.5. The monoisotopic (exact) mass is 374 g/mol. The van der Waals surface area contributed by atoms with Crippen molar-refractivity contribution in [3.05, 3.63) is 65.9 Å². The number of aliphatic carboxylic acids is 1. The number of nitrogens with one attached hydrogen (secondary N) is 1. The highest BCUT2D eigenvalue weighted by Gasteiger charge is 2.28. The van der Waals surface area contributed by atoms with Gasteiger partial charge in [-0.3, -0.25) is 9.20 Å². The number of hydrogen-bond donors (Lipinski definition) is 2. The zero-order valence-corrected chi connectivity index (χ0v) is 15.9. The Morgan fingerprint density at radius 1 is 1.11 bits per heavy atom. The SMILES string of the molecule is CCCC(C(=O)O)c1c(C)nc2nc3ccccc3n2c1Nc1ccccc1. The van der Waals surface area contributed by atoms with Crippen LogP contribution in [0.25, 0.3) is 16.8 Å². The maximum atomic E-state index is 12.1. The van der Waals surface area contributed by atoms with Crippen LogP contribution in [0.2, 0.25) is 0 Å². The van der Waals surface area contributed by atoms with Gasteiger partial charge in [-0.15, -0.1) is 0 Å². The fourth-order valence-electron chi connectivity index (χ4n) is 3.69. The van der Waals surface area contributed by atoms with E-state index in [1.165, 1.54) is 0 Å². The molecule has 0 aliphatic carbocycles. The Morgan fingerprint density at radius 3 is 2.54 bits per heavy atom. The first-order valence-electron chi connectivity index (χ1n) is 9.42. The number of anilines is 2. The Hall–Kier alpha value is -3.41. The highest BCUT2D eigenvalue weighted by Crippen LogP contribution is 2.35. The van der Waals surface area contributed by atoms with E-state index in [4.69, 9.17) is 0 Å². The number of carboxylic acid groups (broad SMARTS) is 1. The first-order chi connectivity index (χ1) is 13.6. The molecule has 6 heteroatoms. The largest absolute Gasteiger partial charge is 0.481 e. The van der Waals surface area contributed by atoms with E-state index in [-0.39, 0.29) is 0 Å². The summed E-state index contributed by atoms with van der Waals surface area (Å²) in [5.74, 6) is -0.217. The molecule has 1 unspecified atom stereocenters. The van der Waals surface area contributed by atoms with E-state index >= 15 is 0 Å². The minimum atomic E-state index is -0.841. The van der Waals surface area contributed by atoms with Crippen LogP contribution in [0.15, 0.2) is 54.6 Å². The second kappa shape index (κ2) is 7.31. The quantitative estimate of drug-likeness (QED) is 0.502. The number of para-hydroxylation sites is 3. The normalized spacial score (nSPS) is 12.4. The van der Waals surface area contributed by atoms with Gasteiger partial charge in [0.2, 0.25) is 5.78 Å². The predicted octanol–water partition coefficient (Wildman–Crippen LogP) is 4.90. The van der Waals surface area contributed by atoms with E-state index in [1.807, 2.05) is 72.8 Å². The number of hydrogen-bond acceptors (Lipinski definition) is 4. The topological polar surface area (TPSA) is 79.5 Å². The van der Waals surface area contributed by atoms with E-state index in [9.17, 15) is 9.90 Å². The Balaban J connectivity index is 2.06. The Labute approximate surface area is 162 Å². The van der Waals surface area contributed by atoms with E-state index in [1.54, 1.807) is 0 Å². The van der Waals surface area contributed by atoms with Gasteiger partial charge < -0.3 is 10.4 Å². The number of aromatic nitrogens is 3. The lowest BCUT2D eigenvalue weighted by Gasteiger charge is -2.21. The average Bonchev–Trinajstić information content (AvgIpc) is 3.05. The van der Waals surface area contributed by atoms with Crippen molar-refractivity contribution in [2.24, 2.45) is 0 Å². The zero-order chi connectivity index (χ0) is 19.7. The second-order valence-corrected chi connectivity index (χ2v) is 6.87. The molecular weight excluding hydrogens is 352 g/mol. The van der Waals surface area contributed by atoms with Crippen LogP contribution in [-0.2, 0) is 4.79 Å². The number of carbonyl (C=O) groups is 1. The standard InChI is InChI=1S/C22H22N4O2/c1-3-9-16(21(27)28)19-14(2)23-22-25-17-12-7-8-13-18(17)26(22)20(19)24-15-10-5-4-6-11-15/h4-8,10-13,16,24H,3,9H2,1-2H3,(H,27,28). The zero-order valence-electron chi connectivity index (χ0n) is 15.9. The molecule has 28 heavy (non-hydrogen) atoms. The van der Waals surface area contributed by atoms with Crippen molar-refractivity contribution >= 4 is 34.3 Å². The summed E-state index contributed by atoms with van der Waals surface area (Å²) in [6.45, 7) is 3.85. The molecule has 0 spiro atoms. The highest BCUT2D eigenvalue weighted by molar-refractivity contribution is 5.85. The summed E-state index contributed by atoms with van der Waals surface area (Å²) in [7, 11) is 0. The van der Waals surface area contributed by atoms with Gasteiger partial charge in [0.15, 0.2) is 0 Å². The van der Waals surface area contributed by atoms with Crippen molar-refractivity contribution in [2.45, 2.75) is 32.6 Å². The molecule has 0 aliphatic rings. The molecule has 1 atom stereocenters. The number of nitrogens with zero attached hydrogens (tertiary/aromatic N) is 3. The van der Waals surface area contributed by atoms with Crippen LogP contribution < -0.4 is 5.32 Å². The minimum absolute atomic E-state index is 0.541. The van der Waals surface area contributed by atoms with Crippen LogP contribution in [0, 0.1) is 6.92 Å².